The van der Waals surface area contributed by atoms with E-state index in [0.717, 1.165) is 16.5 Å². The van der Waals surface area contributed by atoms with Gasteiger partial charge in [0.25, 0.3) is 0 Å². The zero-order valence-electron chi connectivity index (χ0n) is 12.0. The lowest BCUT2D eigenvalue weighted by atomic mass is 10.1. The molecule has 0 aliphatic heterocycles. The lowest BCUT2D eigenvalue weighted by Crippen LogP contribution is -2.11. The molecule has 4 rings (SSSR count). The van der Waals surface area contributed by atoms with E-state index >= 15 is 0 Å². The van der Waals surface area contributed by atoms with Gasteiger partial charge in [0.05, 0.1) is 11.0 Å². The molecule has 2 aromatic carbocycles. The molecule has 2 N–H and O–H groups in total. The number of benzene rings is 2. The highest BCUT2D eigenvalue weighted by molar-refractivity contribution is 7.07. The van der Waals surface area contributed by atoms with E-state index in [1.807, 2.05) is 22.1 Å². The molecular weight excluding hydrogens is 311 g/mol. The third-order valence-electron chi connectivity index (χ3n) is 3.95. The van der Waals surface area contributed by atoms with E-state index in [2.05, 4.69) is 11.4 Å². The summed E-state index contributed by atoms with van der Waals surface area (Å²) >= 11 is 1.61. The minimum Gasteiger partial charge on any atom is -0.366 e. The number of thiophene rings is 1. The Morgan fingerprint density at radius 2 is 2.17 bits per heavy atom. The number of fused-ring (bicyclic) bond motifs is 3. The van der Waals surface area contributed by atoms with Crippen LogP contribution in [0.5, 0.6) is 0 Å². The van der Waals surface area contributed by atoms with Gasteiger partial charge >= 0.3 is 0 Å². The van der Waals surface area contributed by atoms with Crippen molar-refractivity contribution in [1.82, 2.24) is 4.57 Å². The van der Waals surface area contributed by atoms with Gasteiger partial charge in [0.1, 0.15) is 5.82 Å². The summed E-state index contributed by atoms with van der Waals surface area (Å²) in [6.45, 7) is 0.600. The molecule has 0 saturated heterocycles. The largest absolute Gasteiger partial charge is 0.366 e. The SMILES string of the molecule is NC(=O)c1cccc2c1c1[c]cc(F)cc1n2Cc1ccsc1. The predicted molar refractivity (Wildman–Crippen MR) is 90.2 cm³/mol. The highest BCUT2D eigenvalue weighted by Gasteiger charge is 2.17. The molecular formula is C18H12FN2OS. The van der Waals surface area contributed by atoms with E-state index in [1.54, 1.807) is 23.5 Å². The van der Waals surface area contributed by atoms with E-state index in [9.17, 15) is 9.18 Å². The second kappa shape index (κ2) is 5.21. The van der Waals surface area contributed by atoms with Gasteiger partial charge in [-0.1, -0.05) is 6.07 Å². The molecule has 0 saturated carbocycles. The first-order chi connectivity index (χ1) is 11.1. The first-order valence-electron chi connectivity index (χ1n) is 7.08. The number of nitrogens with two attached hydrogens (primary N) is 1. The van der Waals surface area contributed by atoms with Crippen molar-refractivity contribution in [2.45, 2.75) is 6.54 Å². The van der Waals surface area contributed by atoms with Crippen LogP contribution in [0.1, 0.15) is 15.9 Å². The number of aromatic nitrogens is 1. The molecule has 0 unspecified atom stereocenters. The number of carbonyl (C=O) groups is 1. The fraction of sp³-hybridized carbons (Fsp3) is 0.0556. The summed E-state index contributed by atoms with van der Waals surface area (Å²) in [7, 11) is 0. The van der Waals surface area contributed by atoms with Gasteiger partial charge in [-0.15, -0.1) is 0 Å². The van der Waals surface area contributed by atoms with Gasteiger partial charge in [0, 0.05) is 22.9 Å². The fourth-order valence-corrected chi connectivity index (χ4v) is 3.63. The topological polar surface area (TPSA) is 48.0 Å². The second-order valence-corrected chi connectivity index (χ2v) is 6.14. The highest BCUT2D eigenvalue weighted by Crippen LogP contribution is 2.32. The molecule has 4 aromatic rings. The van der Waals surface area contributed by atoms with Gasteiger partial charge < -0.3 is 10.3 Å². The average molecular weight is 323 g/mol. The Balaban J connectivity index is 2.11. The summed E-state index contributed by atoms with van der Waals surface area (Å²) < 4.78 is 15.7. The monoisotopic (exact) mass is 323 g/mol. The van der Waals surface area contributed by atoms with Gasteiger partial charge in [-0.05, 0) is 52.7 Å². The maximum atomic E-state index is 13.7. The minimum atomic E-state index is -0.497. The van der Waals surface area contributed by atoms with Gasteiger partial charge in [-0.3, -0.25) is 4.79 Å². The molecule has 3 nitrogen and oxygen atoms in total. The number of hydrogen-bond donors (Lipinski definition) is 1. The van der Waals surface area contributed by atoms with Crippen LogP contribution in [-0.4, -0.2) is 10.5 Å². The Bertz CT molecular complexity index is 1030. The van der Waals surface area contributed by atoms with E-state index in [-0.39, 0.29) is 5.82 Å². The maximum Gasteiger partial charge on any atom is 0.249 e. The normalized spacial score (nSPS) is 11.3. The lowest BCUT2D eigenvalue weighted by molar-refractivity contribution is 0.100. The highest BCUT2D eigenvalue weighted by atomic mass is 32.1. The van der Waals surface area contributed by atoms with Crippen molar-refractivity contribution in [3.63, 3.8) is 0 Å². The van der Waals surface area contributed by atoms with Crippen LogP contribution in [0, 0.1) is 11.9 Å². The summed E-state index contributed by atoms with van der Waals surface area (Å²) in [6.07, 6.45) is 0. The number of halogens is 1. The number of hydrogen-bond acceptors (Lipinski definition) is 2. The predicted octanol–water partition coefficient (Wildman–Crippen LogP) is 3.94. The third-order valence-corrected chi connectivity index (χ3v) is 4.68. The molecule has 113 valence electrons. The zero-order chi connectivity index (χ0) is 16.0. The number of amides is 1. The number of primary amides is 1. The molecule has 0 aliphatic carbocycles. The number of nitrogens with zero attached hydrogens (tertiary/aromatic N) is 1. The van der Waals surface area contributed by atoms with Crippen molar-refractivity contribution in [2.24, 2.45) is 5.73 Å². The average Bonchev–Trinajstić information content (AvgIpc) is 3.14. The molecule has 2 aromatic heterocycles. The van der Waals surface area contributed by atoms with Gasteiger partial charge in [0.2, 0.25) is 5.91 Å². The zero-order valence-corrected chi connectivity index (χ0v) is 12.9. The van der Waals surface area contributed by atoms with Crippen LogP contribution in [0.25, 0.3) is 21.8 Å². The van der Waals surface area contributed by atoms with Crippen molar-refractivity contribution in [2.75, 3.05) is 0 Å². The third kappa shape index (κ3) is 2.21. The molecule has 0 bridgehead atoms. The Morgan fingerprint density at radius 3 is 2.91 bits per heavy atom. The molecule has 0 fully saturated rings. The number of carbonyl (C=O) groups excluding carboxylic acids is 1. The molecule has 0 spiro atoms. The van der Waals surface area contributed by atoms with Crippen LogP contribution in [0.2, 0.25) is 0 Å². The fourth-order valence-electron chi connectivity index (χ4n) is 2.97. The van der Waals surface area contributed by atoms with Crippen molar-refractivity contribution in [3.05, 3.63) is 70.2 Å². The van der Waals surface area contributed by atoms with Crippen LogP contribution in [0.3, 0.4) is 0 Å². The molecule has 1 radical (unpaired) electrons. The summed E-state index contributed by atoms with van der Waals surface area (Å²) in [5.74, 6) is -0.851. The second-order valence-electron chi connectivity index (χ2n) is 5.36. The Labute approximate surface area is 135 Å². The van der Waals surface area contributed by atoms with E-state index in [1.165, 1.54) is 12.1 Å². The molecule has 0 aliphatic rings. The number of rotatable bonds is 3. The molecule has 1 amide bonds. The van der Waals surface area contributed by atoms with Crippen molar-refractivity contribution in [1.29, 1.82) is 0 Å². The smallest absolute Gasteiger partial charge is 0.249 e. The first-order valence-corrected chi connectivity index (χ1v) is 8.02. The van der Waals surface area contributed by atoms with Gasteiger partial charge in [-0.2, -0.15) is 11.3 Å². The van der Waals surface area contributed by atoms with Crippen LogP contribution in [-0.2, 0) is 6.54 Å². The molecule has 23 heavy (non-hydrogen) atoms. The molecule has 2 heterocycles. The van der Waals surface area contributed by atoms with E-state index in [4.69, 9.17) is 5.73 Å². The van der Waals surface area contributed by atoms with Crippen molar-refractivity contribution >= 4 is 39.0 Å². The van der Waals surface area contributed by atoms with Crippen LogP contribution in [0.4, 0.5) is 4.39 Å². The lowest BCUT2D eigenvalue weighted by Gasteiger charge is -2.06. The maximum absolute atomic E-state index is 13.7. The summed E-state index contributed by atoms with van der Waals surface area (Å²) in [4.78, 5) is 11.8. The minimum absolute atomic E-state index is 0.354. The molecule has 0 atom stereocenters. The summed E-state index contributed by atoms with van der Waals surface area (Å²) in [6, 6.07) is 13.1. The van der Waals surface area contributed by atoms with Gasteiger partial charge in [-0.25, -0.2) is 4.39 Å². The first kappa shape index (κ1) is 14.0. The molecule has 5 heteroatoms. The Hall–Kier alpha value is -2.66. The van der Waals surface area contributed by atoms with Crippen molar-refractivity contribution in [3.8, 4) is 0 Å². The van der Waals surface area contributed by atoms with Crippen LogP contribution in [0.15, 0.2) is 47.2 Å². The Morgan fingerprint density at radius 1 is 1.30 bits per heavy atom. The van der Waals surface area contributed by atoms with Crippen LogP contribution >= 0.6 is 11.3 Å². The standard InChI is InChI=1S/C18H12FN2OS/c19-12-4-5-13-16(8-12)21(9-11-6-7-23-10-11)15-3-1-2-14(17(13)15)18(20)22/h1-4,6-8,10H,9H2,(H2,20,22). The van der Waals surface area contributed by atoms with Crippen LogP contribution < -0.4 is 5.73 Å². The van der Waals surface area contributed by atoms with E-state index in [0.29, 0.717) is 23.0 Å². The summed E-state index contributed by atoms with van der Waals surface area (Å²) in [5.41, 5.74) is 8.63. The summed E-state index contributed by atoms with van der Waals surface area (Å²) in [5, 5.41) is 5.50. The van der Waals surface area contributed by atoms with Crippen molar-refractivity contribution < 1.29 is 9.18 Å². The quantitative estimate of drug-likeness (QED) is 0.610. The van der Waals surface area contributed by atoms with E-state index < -0.39 is 5.91 Å². The van der Waals surface area contributed by atoms with Gasteiger partial charge in [0.15, 0.2) is 0 Å². The Kier molecular flexibility index (Phi) is 3.16.